The van der Waals surface area contributed by atoms with E-state index in [9.17, 15) is 10.1 Å². The molecule has 0 atom stereocenters. The van der Waals surface area contributed by atoms with Crippen LogP contribution in [-0.4, -0.2) is 25.7 Å². The largest absolute Gasteiger partial charge is 0.381 e. The van der Waals surface area contributed by atoms with E-state index in [2.05, 4.69) is 18.3 Å². The Bertz CT molecular complexity index is 302. The number of carbonyl (C=O) groups excluding carboxylic acids is 1. The van der Waals surface area contributed by atoms with Gasteiger partial charge in [0.05, 0.1) is 6.07 Å². The molecule has 1 N–H and O–H groups in total. The molecular formula is C15H26N2O2. The normalized spacial score (nSPS) is 18.3. The fourth-order valence-corrected chi connectivity index (χ4v) is 2.51. The van der Waals surface area contributed by atoms with E-state index in [0.717, 1.165) is 45.1 Å². The molecule has 0 aliphatic heterocycles. The van der Waals surface area contributed by atoms with Crippen LogP contribution >= 0.6 is 0 Å². The molecule has 4 nitrogen and oxygen atoms in total. The van der Waals surface area contributed by atoms with Crippen molar-refractivity contribution in [2.45, 2.75) is 58.3 Å². The van der Waals surface area contributed by atoms with Gasteiger partial charge in [-0.3, -0.25) is 4.79 Å². The van der Waals surface area contributed by atoms with Gasteiger partial charge in [0, 0.05) is 19.8 Å². The predicted octanol–water partition coefficient (Wildman–Crippen LogP) is 2.78. The number of rotatable bonds is 7. The molecule has 0 saturated heterocycles. The Morgan fingerprint density at radius 2 is 1.95 bits per heavy atom. The van der Waals surface area contributed by atoms with Crippen molar-refractivity contribution in [3.63, 3.8) is 0 Å². The van der Waals surface area contributed by atoms with Crippen LogP contribution in [-0.2, 0) is 9.53 Å². The van der Waals surface area contributed by atoms with E-state index >= 15 is 0 Å². The molecule has 1 rings (SSSR count). The molecular weight excluding hydrogens is 240 g/mol. The van der Waals surface area contributed by atoms with Gasteiger partial charge in [-0.1, -0.05) is 32.6 Å². The molecule has 0 bridgehead atoms. The van der Waals surface area contributed by atoms with E-state index < -0.39 is 5.41 Å². The highest BCUT2D eigenvalue weighted by molar-refractivity contribution is 5.85. The van der Waals surface area contributed by atoms with E-state index in [0.29, 0.717) is 26.0 Å². The van der Waals surface area contributed by atoms with Crippen LogP contribution < -0.4 is 5.32 Å². The number of carbonyl (C=O) groups is 1. The minimum atomic E-state index is -0.777. The number of nitrogens with zero attached hydrogens (tertiary/aromatic N) is 1. The lowest BCUT2D eigenvalue weighted by atomic mass is 9.81. The lowest BCUT2D eigenvalue weighted by Crippen LogP contribution is -2.40. The highest BCUT2D eigenvalue weighted by atomic mass is 16.5. The average Bonchev–Trinajstić information content (AvgIpc) is 2.68. The van der Waals surface area contributed by atoms with Crippen molar-refractivity contribution < 1.29 is 9.53 Å². The van der Waals surface area contributed by atoms with Gasteiger partial charge in [-0.25, -0.2) is 0 Å². The summed E-state index contributed by atoms with van der Waals surface area (Å²) in [5.41, 5.74) is -0.777. The van der Waals surface area contributed by atoms with Crippen LogP contribution in [0.2, 0.25) is 0 Å². The lowest BCUT2D eigenvalue weighted by molar-refractivity contribution is -0.128. The Balaban J connectivity index is 2.31. The van der Waals surface area contributed by atoms with Crippen molar-refractivity contribution >= 4 is 5.91 Å². The molecule has 0 radical (unpaired) electrons. The highest BCUT2D eigenvalue weighted by Gasteiger charge is 2.38. The summed E-state index contributed by atoms with van der Waals surface area (Å²) in [5.74, 6) is -0.0765. The Labute approximate surface area is 116 Å². The lowest BCUT2D eigenvalue weighted by Gasteiger charge is -2.23. The second kappa shape index (κ2) is 8.92. The summed E-state index contributed by atoms with van der Waals surface area (Å²) in [7, 11) is 0. The molecule has 1 amide bonds. The van der Waals surface area contributed by atoms with Crippen LogP contribution in [0.5, 0.6) is 0 Å². The Morgan fingerprint density at radius 1 is 1.26 bits per heavy atom. The van der Waals surface area contributed by atoms with Crippen molar-refractivity contribution in [2.24, 2.45) is 5.41 Å². The zero-order chi connectivity index (χ0) is 14.0. The second-order valence-electron chi connectivity index (χ2n) is 5.33. The third-order valence-electron chi connectivity index (χ3n) is 3.71. The Kier molecular flexibility index (Phi) is 7.50. The van der Waals surface area contributed by atoms with E-state index in [-0.39, 0.29) is 5.91 Å². The first-order valence-electron chi connectivity index (χ1n) is 7.52. The predicted molar refractivity (Wildman–Crippen MR) is 74.5 cm³/mol. The fourth-order valence-electron chi connectivity index (χ4n) is 2.51. The van der Waals surface area contributed by atoms with Crippen molar-refractivity contribution in [1.82, 2.24) is 5.32 Å². The number of nitrogens with one attached hydrogen (secondary N) is 1. The second-order valence-corrected chi connectivity index (χ2v) is 5.33. The molecule has 1 saturated carbocycles. The molecule has 0 aromatic rings. The maximum atomic E-state index is 12.2. The third-order valence-corrected chi connectivity index (χ3v) is 3.71. The maximum absolute atomic E-state index is 12.2. The number of hydrogen-bond donors (Lipinski definition) is 1. The van der Waals surface area contributed by atoms with Gasteiger partial charge in [-0.15, -0.1) is 0 Å². The van der Waals surface area contributed by atoms with Crippen LogP contribution in [0.1, 0.15) is 58.3 Å². The van der Waals surface area contributed by atoms with Gasteiger partial charge < -0.3 is 10.1 Å². The first-order valence-corrected chi connectivity index (χ1v) is 7.52. The number of amides is 1. The summed E-state index contributed by atoms with van der Waals surface area (Å²) in [6.45, 7) is 4.13. The summed E-state index contributed by atoms with van der Waals surface area (Å²) in [5, 5.41) is 12.3. The van der Waals surface area contributed by atoms with Crippen molar-refractivity contribution in [3.8, 4) is 6.07 Å². The maximum Gasteiger partial charge on any atom is 0.240 e. The quantitative estimate of drug-likeness (QED) is 0.569. The summed E-state index contributed by atoms with van der Waals surface area (Å²) >= 11 is 0. The minimum Gasteiger partial charge on any atom is -0.381 e. The van der Waals surface area contributed by atoms with Gasteiger partial charge in [0.2, 0.25) is 5.91 Å². The molecule has 108 valence electrons. The first-order chi connectivity index (χ1) is 9.25. The number of nitriles is 1. The minimum absolute atomic E-state index is 0.0765. The van der Waals surface area contributed by atoms with Gasteiger partial charge in [0.15, 0.2) is 0 Å². The fraction of sp³-hybridized carbons (Fsp3) is 0.867. The molecule has 1 fully saturated rings. The van der Waals surface area contributed by atoms with Crippen molar-refractivity contribution in [1.29, 1.82) is 5.26 Å². The van der Waals surface area contributed by atoms with E-state index in [1.54, 1.807) is 0 Å². The summed E-state index contributed by atoms with van der Waals surface area (Å²) < 4.78 is 5.37. The van der Waals surface area contributed by atoms with Crippen LogP contribution in [0.4, 0.5) is 0 Å². The molecule has 1 aliphatic rings. The molecule has 0 aromatic heterocycles. The van der Waals surface area contributed by atoms with Gasteiger partial charge in [0.1, 0.15) is 5.41 Å². The van der Waals surface area contributed by atoms with Crippen LogP contribution in [0.25, 0.3) is 0 Å². The summed E-state index contributed by atoms with van der Waals surface area (Å²) in [6, 6.07) is 2.28. The molecule has 0 spiro atoms. The van der Waals surface area contributed by atoms with E-state index in [1.807, 2.05) is 0 Å². The van der Waals surface area contributed by atoms with Crippen LogP contribution in [0, 0.1) is 16.7 Å². The zero-order valence-electron chi connectivity index (χ0n) is 12.0. The smallest absolute Gasteiger partial charge is 0.240 e. The Morgan fingerprint density at radius 3 is 2.53 bits per heavy atom. The van der Waals surface area contributed by atoms with Gasteiger partial charge in [-0.05, 0) is 25.7 Å². The van der Waals surface area contributed by atoms with Crippen molar-refractivity contribution in [3.05, 3.63) is 0 Å². The highest BCUT2D eigenvalue weighted by Crippen LogP contribution is 2.34. The standard InChI is InChI=1S/C15H26N2O2/c1-2-11-19-12-7-10-17-14(18)15(13-16)8-5-3-4-6-9-15/h2-12H2,1H3,(H,17,18). The molecule has 4 heteroatoms. The van der Waals surface area contributed by atoms with Gasteiger partial charge in [-0.2, -0.15) is 5.26 Å². The van der Waals surface area contributed by atoms with E-state index in [1.165, 1.54) is 0 Å². The van der Waals surface area contributed by atoms with Gasteiger partial charge >= 0.3 is 0 Å². The molecule has 1 aliphatic carbocycles. The molecule has 19 heavy (non-hydrogen) atoms. The SMILES string of the molecule is CCCOCCCNC(=O)C1(C#N)CCCCCC1. The molecule has 0 unspecified atom stereocenters. The summed E-state index contributed by atoms with van der Waals surface area (Å²) in [4.78, 5) is 12.2. The number of hydrogen-bond acceptors (Lipinski definition) is 3. The molecule has 0 aromatic carbocycles. The zero-order valence-corrected chi connectivity index (χ0v) is 12.0. The summed E-state index contributed by atoms with van der Waals surface area (Å²) in [6.07, 6.45) is 7.50. The third kappa shape index (κ3) is 5.20. The number of ether oxygens (including phenoxy) is 1. The monoisotopic (exact) mass is 266 g/mol. The van der Waals surface area contributed by atoms with Crippen LogP contribution in [0.15, 0.2) is 0 Å². The first kappa shape index (κ1) is 16.0. The van der Waals surface area contributed by atoms with E-state index in [4.69, 9.17) is 4.74 Å². The Hall–Kier alpha value is -1.08. The van der Waals surface area contributed by atoms with Gasteiger partial charge in [0.25, 0.3) is 0 Å². The van der Waals surface area contributed by atoms with Crippen molar-refractivity contribution in [2.75, 3.05) is 19.8 Å². The molecule has 0 heterocycles. The average molecular weight is 266 g/mol. The topological polar surface area (TPSA) is 62.1 Å². The van der Waals surface area contributed by atoms with Crippen LogP contribution in [0.3, 0.4) is 0 Å².